The Morgan fingerprint density at radius 1 is 1.47 bits per heavy atom. The fourth-order valence-electron chi connectivity index (χ4n) is 1.93. The van der Waals surface area contributed by atoms with Gasteiger partial charge in [-0.3, -0.25) is 10.1 Å². The van der Waals surface area contributed by atoms with E-state index in [4.69, 9.17) is 0 Å². The highest BCUT2D eigenvalue weighted by Crippen LogP contribution is 2.29. The largest absolute Gasteiger partial charge is 0.480 e. The molecule has 1 aliphatic carbocycles. The van der Waals surface area contributed by atoms with Crippen molar-refractivity contribution in [2.24, 2.45) is 0 Å². The smallest absolute Gasteiger partial charge is 0.324 e. The number of rotatable bonds is 6. The standard InChI is InChI=1S/C15H21NO2S/c1-10-4-5-11(2)13(8-10)19-9-15(3,14(17)18)16-12-6-7-12/h4-5,8,12,16H,6-7,9H2,1-3H3,(H,17,18). The van der Waals surface area contributed by atoms with Crippen LogP contribution in [0.2, 0.25) is 0 Å². The van der Waals surface area contributed by atoms with Crippen molar-refractivity contribution in [3.05, 3.63) is 29.3 Å². The van der Waals surface area contributed by atoms with Crippen LogP contribution in [0.3, 0.4) is 0 Å². The third kappa shape index (κ3) is 3.74. The van der Waals surface area contributed by atoms with Gasteiger partial charge in [-0.2, -0.15) is 0 Å². The summed E-state index contributed by atoms with van der Waals surface area (Å²) < 4.78 is 0. The van der Waals surface area contributed by atoms with Crippen LogP contribution in [0.15, 0.2) is 23.1 Å². The number of nitrogens with one attached hydrogen (secondary N) is 1. The SMILES string of the molecule is Cc1ccc(C)c(SCC(C)(NC2CC2)C(=O)O)c1. The minimum absolute atomic E-state index is 0.389. The summed E-state index contributed by atoms with van der Waals surface area (Å²) in [5.41, 5.74) is 1.57. The molecule has 0 bridgehead atoms. The lowest BCUT2D eigenvalue weighted by Gasteiger charge is -2.26. The Labute approximate surface area is 118 Å². The maximum Gasteiger partial charge on any atom is 0.324 e. The van der Waals surface area contributed by atoms with Crippen LogP contribution in [-0.4, -0.2) is 28.4 Å². The van der Waals surface area contributed by atoms with E-state index in [1.54, 1.807) is 18.7 Å². The van der Waals surface area contributed by atoms with Gasteiger partial charge in [-0.15, -0.1) is 11.8 Å². The molecule has 0 saturated heterocycles. The molecule has 0 aromatic heterocycles. The van der Waals surface area contributed by atoms with Crippen LogP contribution in [0.25, 0.3) is 0 Å². The van der Waals surface area contributed by atoms with E-state index < -0.39 is 11.5 Å². The fourth-order valence-corrected chi connectivity index (χ4v) is 3.14. The third-order valence-electron chi connectivity index (χ3n) is 3.43. The summed E-state index contributed by atoms with van der Waals surface area (Å²) in [4.78, 5) is 12.7. The summed E-state index contributed by atoms with van der Waals surface area (Å²) in [5.74, 6) is -0.222. The number of carboxylic acids is 1. The van der Waals surface area contributed by atoms with Crippen LogP contribution in [0.1, 0.15) is 30.9 Å². The number of thioether (sulfide) groups is 1. The van der Waals surface area contributed by atoms with Gasteiger partial charge >= 0.3 is 5.97 Å². The summed E-state index contributed by atoms with van der Waals surface area (Å²) in [6.07, 6.45) is 2.19. The average Bonchev–Trinajstić information content (AvgIpc) is 3.14. The molecule has 4 heteroatoms. The topological polar surface area (TPSA) is 49.3 Å². The highest BCUT2D eigenvalue weighted by atomic mass is 32.2. The number of carboxylic acid groups (broad SMARTS) is 1. The molecule has 0 heterocycles. The van der Waals surface area contributed by atoms with Gasteiger partial charge in [-0.05, 0) is 45.2 Å². The van der Waals surface area contributed by atoms with E-state index in [9.17, 15) is 9.90 Å². The van der Waals surface area contributed by atoms with Crippen molar-refractivity contribution in [3.63, 3.8) is 0 Å². The molecule has 1 aromatic rings. The van der Waals surface area contributed by atoms with Gasteiger partial charge in [-0.25, -0.2) is 0 Å². The van der Waals surface area contributed by atoms with Crippen molar-refractivity contribution in [3.8, 4) is 0 Å². The Balaban J connectivity index is 2.05. The number of carbonyl (C=O) groups is 1. The fraction of sp³-hybridized carbons (Fsp3) is 0.533. The van der Waals surface area contributed by atoms with Crippen LogP contribution in [0, 0.1) is 13.8 Å². The van der Waals surface area contributed by atoms with Gasteiger partial charge in [0.25, 0.3) is 0 Å². The van der Waals surface area contributed by atoms with Crippen LogP contribution in [0.5, 0.6) is 0 Å². The molecule has 1 saturated carbocycles. The zero-order valence-corrected chi connectivity index (χ0v) is 12.5. The molecule has 0 amide bonds. The molecule has 1 unspecified atom stereocenters. The van der Waals surface area contributed by atoms with E-state index in [-0.39, 0.29) is 0 Å². The van der Waals surface area contributed by atoms with Crippen molar-refractivity contribution in [1.82, 2.24) is 5.32 Å². The van der Waals surface area contributed by atoms with Crippen molar-refractivity contribution in [2.45, 2.75) is 50.1 Å². The molecular formula is C15H21NO2S. The lowest BCUT2D eigenvalue weighted by atomic mass is 10.1. The van der Waals surface area contributed by atoms with E-state index in [1.165, 1.54) is 16.0 Å². The van der Waals surface area contributed by atoms with E-state index in [0.717, 1.165) is 12.8 Å². The molecule has 1 fully saturated rings. The number of aryl methyl sites for hydroxylation is 2. The van der Waals surface area contributed by atoms with Crippen LogP contribution in [-0.2, 0) is 4.79 Å². The van der Waals surface area contributed by atoms with Gasteiger partial charge in [0.05, 0.1) is 0 Å². The Hall–Kier alpha value is -1.00. The van der Waals surface area contributed by atoms with Gasteiger partial charge in [-0.1, -0.05) is 17.7 Å². The minimum Gasteiger partial charge on any atom is -0.480 e. The molecule has 19 heavy (non-hydrogen) atoms. The molecule has 0 aliphatic heterocycles. The number of hydrogen-bond donors (Lipinski definition) is 2. The number of benzene rings is 1. The summed E-state index contributed by atoms with van der Waals surface area (Å²) in [6, 6.07) is 6.68. The first-order valence-electron chi connectivity index (χ1n) is 6.62. The van der Waals surface area contributed by atoms with Crippen LogP contribution >= 0.6 is 11.8 Å². The monoisotopic (exact) mass is 279 g/mol. The lowest BCUT2D eigenvalue weighted by molar-refractivity contribution is -0.143. The van der Waals surface area contributed by atoms with Crippen LogP contribution < -0.4 is 5.32 Å². The Morgan fingerprint density at radius 2 is 2.16 bits per heavy atom. The zero-order chi connectivity index (χ0) is 14.0. The lowest BCUT2D eigenvalue weighted by Crippen LogP contribution is -2.52. The summed E-state index contributed by atoms with van der Waals surface area (Å²) >= 11 is 1.62. The molecule has 1 atom stereocenters. The van der Waals surface area contributed by atoms with E-state index in [2.05, 4.69) is 37.4 Å². The van der Waals surface area contributed by atoms with Crippen molar-refractivity contribution in [1.29, 1.82) is 0 Å². The molecule has 1 aromatic carbocycles. The third-order valence-corrected chi connectivity index (χ3v) is 4.90. The second-order valence-corrected chi connectivity index (χ2v) is 6.63. The molecule has 104 valence electrons. The average molecular weight is 279 g/mol. The molecule has 1 aliphatic rings. The molecule has 2 rings (SSSR count). The second kappa shape index (κ2) is 5.55. The highest BCUT2D eigenvalue weighted by molar-refractivity contribution is 7.99. The van der Waals surface area contributed by atoms with Crippen molar-refractivity contribution in [2.75, 3.05) is 5.75 Å². The van der Waals surface area contributed by atoms with E-state index >= 15 is 0 Å². The number of hydrogen-bond acceptors (Lipinski definition) is 3. The normalized spacial score (nSPS) is 18.1. The summed E-state index contributed by atoms with van der Waals surface area (Å²) in [7, 11) is 0. The second-order valence-electron chi connectivity index (χ2n) is 5.61. The molecule has 0 spiro atoms. The predicted molar refractivity (Wildman–Crippen MR) is 78.8 cm³/mol. The zero-order valence-electron chi connectivity index (χ0n) is 11.7. The maximum absolute atomic E-state index is 11.5. The first-order valence-corrected chi connectivity index (χ1v) is 7.60. The molecular weight excluding hydrogens is 258 g/mol. The van der Waals surface area contributed by atoms with Gasteiger partial charge in [0.2, 0.25) is 0 Å². The maximum atomic E-state index is 11.5. The van der Waals surface area contributed by atoms with Gasteiger partial charge in [0.15, 0.2) is 0 Å². The van der Waals surface area contributed by atoms with Gasteiger partial charge < -0.3 is 5.11 Å². The molecule has 0 radical (unpaired) electrons. The Morgan fingerprint density at radius 3 is 2.74 bits per heavy atom. The minimum atomic E-state index is -0.845. The Bertz CT molecular complexity index is 485. The van der Waals surface area contributed by atoms with Gasteiger partial charge in [0, 0.05) is 16.7 Å². The summed E-state index contributed by atoms with van der Waals surface area (Å²) in [5, 5.41) is 12.7. The van der Waals surface area contributed by atoms with Crippen molar-refractivity contribution < 1.29 is 9.90 Å². The predicted octanol–water partition coefficient (Wildman–Crippen LogP) is 2.99. The highest BCUT2D eigenvalue weighted by Gasteiger charge is 2.38. The Kier molecular flexibility index (Phi) is 4.21. The summed E-state index contributed by atoms with van der Waals surface area (Å²) in [6.45, 7) is 5.91. The first kappa shape index (κ1) is 14.4. The van der Waals surface area contributed by atoms with Gasteiger partial charge in [0.1, 0.15) is 5.54 Å². The van der Waals surface area contributed by atoms with Crippen LogP contribution in [0.4, 0.5) is 0 Å². The quantitative estimate of drug-likeness (QED) is 0.786. The van der Waals surface area contributed by atoms with Crippen molar-refractivity contribution >= 4 is 17.7 Å². The molecule has 3 nitrogen and oxygen atoms in total. The van der Waals surface area contributed by atoms with E-state index in [1.807, 2.05) is 0 Å². The number of aliphatic carboxylic acids is 1. The van der Waals surface area contributed by atoms with E-state index in [0.29, 0.717) is 11.8 Å². The first-order chi connectivity index (χ1) is 8.90. The molecule has 2 N–H and O–H groups in total.